The summed E-state index contributed by atoms with van der Waals surface area (Å²) in [6.45, 7) is 5.14. The molecule has 0 saturated heterocycles. The normalized spacial score (nSPS) is 12.6. The van der Waals surface area contributed by atoms with Crippen molar-refractivity contribution in [2.45, 2.75) is 39.3 Å². The van der Waals surface area contributed by atoms with Crippen LogP contribution in [0.4, 0.5) is 0 Å². The molecule has 1 atom stereocenters. The lowest BCUT2D eigenvalue weighted by Gasteiger charge is -2.16. The lowest BCUT2D eigenvalue weighted by atomic mass is 10.1. The highest BCUT2D eigenvalue weighted by Crippen LogP contribution is 2.33. The van der Waals surface area contributed by atoms with Crippen LogP contribution in [0.3, 0.4) is 0 Å². The van der Waals surface area contributed by atoms with Crippen molar-refractivity contribution in [3.63, 3.8) is 0 Å². The Hall–Kier alpha value is -1.33. The number of nitrogens with zero attached hydrogens (tertiary/aromatic N) is 2. The maximum Gasteiger partial charge on any atom is 0.161 e. The van der Waals surface area contributed by atoms with Crippen LogP contribution in [0.2, 0.25) is 0 Å². The summed E-state index contributed by atoms with van der Waals surface area (Å²) in [5.41, 5.74) is 8.74. The van der Waals surface area contributed by atoms with E-state index in [9.17, 15) is 0 Å². The van der Waals surface area contributed by atoms with Gasteiger partial charge in [0.05, 0.1) is 19.3 Å². The SMILES string of the molecule is CCCn1ncc(OC)c1C(N)c1sccc1CC. The highest BCUT2D eigenvalue weighted by Gasteiger charge is 2.22. The lowest BCUT2D eigenvalue weighted by Crippen LogP contribution is -2.18. The second-order valence-electron chi connectivity index (χ2n) is 4.46. The summed E-state index contributed by atoms with van der Waals surface area (Å²) in [4.78, 5) is 1.21. The van der Waals surface area contributed by atoms with Crippen molar-refractivity contribution >= 4 is 11.3 Å². The Morgan fingerprint density at radius 2 is 2.26 bits per heavy atom. The largest absolute Gasteiger partial charge is 0.493 e. The van der Waals surface area contributed by atoms with Crippen molar-refractivity contribution in [1.29, 1.82) is 0 Å². The van der Waals surface area contributed by atoms with Crippen LogP contribution in [0.15, 0.2) is 17.6 Å². The summed E-state index contributed by atoms with van der Waals surface area (Å²) >= 11 is 1.70. The fourth-order valence-electron chi connectivity index (χ4n) is 2.28. The lowest BCUT2D eigenvalue weighted by molar-refractivity contribution is 0.404. The first-order valence-electron chi connectivity index (χ1n) is 6.64. The Bertz CT molecular complexity index is 533. The number of thiophene rings is 1. The Labute approximate surface area is 118 Å². The Kier molecular flexibility index (Phi) is 4.61. The van der Waals surface area contributed by atoms with E-state index in [1.54, 1.807) is 24.6 Å². The van der Waals surface area contributed by atoms with E-state index in [4.69, 9.17) is 10.5 Å². The van der Waals surface area contributed by atoms with Gasteiger partial charge in [-0.25, -0.2) is 0 Å². The van der Waals surface area contributed by atoms with E-state index in [2.05, 4.69) is 30.4 Å². The predicted octanol–water partition coefficient (Wildman–Crippen LogP) is 2.97. The monoisotopic (exact) mass is 279 g/mol. The molecule has 0 aliphatic heterocycles. The van der Waals surface area contributed by atoms with E-state index in [1.807, 2.05) is 4.68 Å². The van der Waals surface area contributed by atoms with Gasteiger partial charge in [0, 0.05) is 11.4 Å². The molecule has 5 heteroatoms. The highest BCUT2D eigenvalue weighted by atomic mass is 32.1. The fourth-order valence-corrected chi connectivity index (χ4v) is 3.28. The Morgan fingerprint density at radius 1 is 1.47 bits per heavy atom. The third-order valence-corrected chi connectivity index (χ3v) is 4.28. The first-order chi connectivity index (χ1) is 9.22. The zero-order valence-electron chi connectivity index (χ0n) is 11.7. The molecule has 0 radical (unpaired) electrons. The zero-order chi connectivity index (χ0) is 13.8. The molecule has 0 spiro atoms. The van der Waals surface area contributed by atoms with E-state index in [0.717, 1.165) is 30.8 Å². The summed E-state index contributed by atoms with van der Waals surface area (Å²) in [6, 6.07) is 1.98. The summed E-state index contributed by atoms with van der Waals surface area (Å²) in [7, 11) is 1.67. The van der Waals surface area contributed by atoms with Crippen LogP contribution >= 0.6 is 11.3 Å². The van der Waals surface area contributed by atoms with Gasteiger partial charge in [-0.15, -0.1) is 11.3 Å². The molecule has 2 N–H and O–H groups in total. The molecular weight excluding hydrogens is 258 g/mol. The van der Waals surface area contributed by atoms with Gasteiger partial charge in [-0.1, -0.05) is 13.8 Å². The van der Waals surface area contributed by atoms with E-state index >= 15 is 0 Å². The van der Waals surface area contributed by atoms with Crippen LogP contribution in [0.1, 0.15) is 42.4 Å². The fraction of sp³-hybridized carbons (Fsp3) is 0.500. The van der Waals surface area contributed by atoms with E-state index in [-0.39, 0.29) is 6.04 Å². The maximum atomic E-state index is 6.46. The number of ether oxygens (including phenoxy) is 1. The average Bonchev–Trinajstić information content (AvgIpc) is 3.04. The predicted molar refractivity (Wildman–Crippen MR) is 78.8 cm³/mol. The van der Waals surface area contributed by atoms with Crippen LogP contribution < -0.4 is 10.5 Å². The summed E-state index contributed by atoms with van der Waals surface area (Å²) in [5, 5.41) is 6.48. The second kappa shape index (κ2) is 6.21. The van der Waals surface area contributed by atoms with E-state index in [0.29, 0.717) is 0 Å². The molecule has 0 bridgehead atoms. The van der Waals surface area contributed by atoms with Gasteiger partial charge in [0.1, 0.15) is 5.69 Å². The molecule has 0 aliphatic rings. The van der Waals surface area contributed by atoms with Gasteiger partial charge in [-0.3, -0.25) is 4.68 Å². The number of rotatable bonds is 6. The van der Waals surface area contributed by atoms with E-state index in [1.165, 1.54) is 10.4 Å². The highest BCUT2D eigenvalue weighted by molar-refractivity contribution is 7.10. The van der Waals surface area contributed by atoms with Gasteiger partial charge in [-0.2, -0.15) is 5.10 Å². The average molecular weight is 279 g/mol. The van der Waals surface area contributed by atoms with Crippen molar-refractivity contribution in [2.24, 2.45) is 5.73 Å². The van der Waals surface area contributed by atoms with Gasteiger partial charge in [-0.05, 0) is 29.9 Å². The molecular formula is C14H21N3OS. The smallest absolute Gasteiger partial charge is 0.161 e. The minimum atomic E-state index is -0.168. The molecule has 0 aliphatic carbocycles. The zero-order valence-corrected chi connectivity index (χ0v) is 12.5. The topological polar surface area (TPSA) is 53.1 Å². The summed E-state index contributed by atoms with van der Waals surface area (Å²) in [6.07, 6.45) is 3.77. The number of hydrogen-bond acceptors (Lipinski definition) is 4. The quantitative estimate of drug-likeness (QED) is 0.884. The molecule has 0 aromatic carbocycles. The summed E-state index contributed by atoms with van der Waals surface area (Å²) < 4.78 is 7.37. The number of methoxy groups -OCH3 is 1. The molecule has 2 aromatic rings. The van der Waals surface area contributed by atoms with Crippen molar-refractivity contribution in [1.82, 2.24) is 9.78 Å². The number of nitrogens with two attached hydrogens (primary N) is 1. The molecule has 104 valence electrons. The van der Waals surface area contributed by atoms with Crippen molar-refractivity contribution in [3.8, 4) is 5.75 Å². The van der Waals surface area contributed by atoms with Crippen LogP contribution in [-0.4, -0.2) is 16.9 Å². The van der Waals surface area contributed by atoms with Crippen LogP contribution in [-0.2, 0) is 13.0 Å². The minimum absolute atomic E-state index is 0.168. The Balaban J connectivity index is 2.42. The van der Waals surface area contributed by atoms with Gasteiger partial charge in [0.25, 0.3) is 0 Å². The first kappa shape index (κ1) is 14.1. The van der Waals surface area contributed by atoms with Crippen molar-refractivity contribution in [2.75, 3.05) is 7.11 Å². The minimum Gasteiger partial charge on any atom is -0.493 e. The van der Waals surface area contributed by atoms with Gasteiger partial charge < -0.3 is 10.5 Å². The van der Waals surface area contributed by atoms with Gasteiger partial charge >= 0.3 is 0 Å². The molecule has 0 saturated carbocycles. The van der Waals surface area contributed by atoms with Crippen LogP contribution in [0.5, 0.6) is 5.75 Å². The standard InChI is InChI=1S/C14H21N3OS/c1-4-7-17-13(11(18-3)9-16-17)12(15)14-10(5-2)6-8-19-14/h6,8-9,12H,4-5,7,15H2,1-3H3. The molecule has 2 heterocycles. The number of aromatic nitrogens is 2. The second-order valence-corrected chi connectivity index (χ2v) is 5.41. The molecule has 2 aromatic heterocycles. The third kappa shape index (κ3) is 2.67. The van der Waals surface area contributed by atoms with Gasteiger partial charge in [0.2, 0.25) is 0 Å². The molecule has 2 rings (SSSR count). The number of hydrogen-bond donors (Lipinski definition) is 1. The molecule has 1 unspecified atom stereocenters. The van der Waals surface area contributed by atoms with E-state index < -0.39 is 0 Å². The first-order valence-corrected chi connectivity index (χ1v) is 7.52. The molecule has 0 fully saturated rings. The molecule has 0 amide bonds. The van der Waals surface area contributed by atoms with Crippen molar-refractivity contribution in [3.05, 3.63) is 33.8 Å². The third-order valence-electron chi connectivity index (χ3n) is 3.24. The van der Waals surface area contributed by atoms with Gasteiger partial charge in [0.15, 0.2) is 5.75 Å². The van der Waals surface area contributed by atoms with Crippen LogP contribution in [0, 0.1) is 0 Å². The van der Waals surface area contributed by atoms with Crippen molar-refractivity contribution < 1.29 is 4.74 Å². The summed E-state index contributed by atoms with van der Waals surface area (Å²) in [5.74, 6) is 0.774. The number of aryl methyl sites for hydroxylation is 2. The van der Waals surface area contributed by atoms with Crippen LogP contribution in [0.25, 0.3) is 0 Å². The molecule has 4 nitrogen and oxygen atoms in total. The molecule has 19 heavy (non-hydrogen) atoms. The Morgan fingerprint density at radius 3 is 2.89 bits per heavy atom. The maximum absolute atomic E-state index is 6.46.